The normalized spacial score (nSPS) is 17.1. The predicted molar refractivity (Wildman–Crippen MR) is 78.8 cm³/mol. The van der Waals surface area contributed by atoms with Crippen LogP contribution in [0.1, 0.15) is 65.2 Å². The van der Waals surface area contributed by atoms with E-state index in [1.807, 2.05) is 0 Å². The van der Waals surface area contributed by atoms with Crippen molar-refractivity contribution in [1.82, 2.24) is 0 Å². The van der Waals surface area contributed by atoms with Crippen LogP contribution in [0.4, 0.5) is 0 Å². The lowest BCUT2D eigenvalue weighted by molar-refractivity contribution is 0.0336. The molecular formula is C15H29BrO. The molecule has 1 fully saturated rings. The van der Waals surface area contributed by atoms with Crippen molar-refractivity contribution in [3.8, 4) is 0 Å². The molecule has 1 aliphatic carbocycles. The van der Waals surface area contributed by atoms with Gasteiger partial charge in [0.05, 0.1) is 6.61 Å². The van der Waals surface area contributed by atoms with Crippen molar-refractivity contribution < 1.29 is 4.74 Å². The highest BCUT2D eigenvalue weighted by Gasteiger charge is 2.27. The first-order valence-corrected chi connectivity index (χ1v) is 8.52. The molecule has 2 heteroatoms. The first-order valence-electron chi connectivity index (χ1n) is 7.40. The van der Waals surface area contributed by atoms with Gasteiger partial charge in [-0.3, -0.25) is 0 Å². The van der Waals surface area contributed by atoms with E-state index < -0.39 is 0 Å². The molecule has 0 aromatic rings. The minimum absolute atomic E-state index is 0.392. The number of hydrogen-bond acceptors (Lipinski definition) is 1. The number of rotatable bonds is 10. The molecule has 0 heterocycles. The summed E-state index contributed by atoms with van der Waals surface area (Å²) in [5.74, 6) is 0.978. The zero-order chi connectivity index (χ0) is 12.6. The third kappa shape index (κ3) is 5.30. The molecule has 102 valence electrons. The lowest BCUT2D eigenvalue weighted by Gasteiger charge is -2.32. The predicted octanol–water partition coefficient (Wildman–Crippen LogP) is 5.17. The average Bonchev–Trinajstić information content (AvgIpc) is 2.26. The van der Waals surface area contributed by atoms with Crippen molar-refractivity contribution in [1.29, 1.82) is 0 Å². The van der Waals surface area contributed by atoms with E-state index in [0.29, 0.717) is 5.41 Å². The summed E-state index contributed by atoms with van der Waals surface area (Å²) in [6.07, 6.45) is 10.7. The SMILES string of the molecule is CCCC(CBr)(CCC)COCCC1CCC1. The number of hydrogen-bond donors (Lipinski definition) is 0. The molecule has 0 spiro atoms. The van der Waals surface area contributed by atoms with E-state index in [9.17, 15) is 0 Å². The molecule has 1 aliphatic rings. The number of halogens is 1. The van der Waals surface area contributed by atoms with Crippen LogP contribution in [0, 0.1) is 11.3 Å². The Labute approximate surface area is 116 Å². The summed E-state index contributed by atoms with van der Waals surface area (Å²) >= 11 is 3.70. The minimum atomic E-state index is 0.392. The summed E-state index contributed by atoms with van der Waals surface area (Å²) in [4.78, 5) is 0. The largest absolute Gasteiger partial charge is 0.381 e. The van der Waals surface area contributed by atoms with E-state index >= 15 is 0 Å². The highest BCUT2D eigenvalue weighted by atomic mass is 79.9. The van der Waals surface area contributed by atoms with Crippen molar-refractivity contribution >= 4 is 15.9 Å². The molecule has 0 aliphatic heterocycles. The average molecular weight is 305 g/mol. The highest BCUT2D eigenvalue weighted by Crippen LogP contribution is 2.33. The van der Waals surface area contributed by atoms with Crippen molar-refractivity contribution in [2.75, 3.05) is 18.5 Å². The van der Waals surface area contributed by atoms with E-state index in [1.54, 1.807) is 0 Å². The Morgan fingerprint density at radius 3 is 2.24 bits per heavy atom. The van der Waals surface area contributed by atoms with Gasteiger partial charge in [-0.05, 0) is 25.2 Å². The van der Waals surface area contributed by atoms with Gasteiger partial charge in [0.1, 0.15) is 0 Å². The van der Waals surface area contributed by atoms with Crippen LogP contribution in [0.25, 0.3) is 0 Å². The van der Waals surface area contributed by atoms with Gasteiger partial charge in [0.15, 0.2) is 0 Å². The quantitative estimate of drug-likeness (QED) is 0.399. The maximum Gasteiger partial charge on any atom is 0.0530 e. The molecule has 0 aromatic heterocycles. The van der Waals surface area contributed by atoms with E-state index in [0.717, 1.165) is 24.5 Å². The van der Waals surface area contributed by atoms with Crippen molar-refractivity contribution in [3.05, 3.63) is 0 Å². The lowest BCUT2D eigenvalue weighted by Crippen LogP contribution is -2.29. The van der Waals surface area contributed by atoms with Gasteiger partial charge in [-0.1, -0.05) is 61.9 Å². The highest BCUT2D eigenvalue weighted by molar-refractivity contribution is 9.09. The Bertz CT molecular complexity index is 183. The fraction of sp³-hybridized carbons (Fsp3) is 1.00. The fourth-order valence-electron chi connectivity index (χ4n) is 2.82. The summed E-state index contributed by atoms with van der Waals surface area (Å²) in [5, 5.41) is 1.09. The second kappa shape index (κ2) is 8.53. The number of ether oxygens (including phenoxy) is 1. The molecule has 0 amide bonds. The summed E-state index contributed by atoms with van der Waals surface area (Å²) < 4.78 is 5.97. The minimum Gasteiger partial charge on any atom is -0.381 e. The van der Waals surface area contributed by atoms with Gasteiger partial charge >= 0.3 is 0 Å². The van der Waals surface area contributed by atoms with E-state index in [1.165, 1.54) is 51.4 Å². The van der Waals surface area contributed by atoms with Crippen LogP contribution in [0.2, 0.25) is 0 Å². The van der Waals surface area contributed by atoms with Gasteiger partial charge in [0.25, 0.3) is 0 Å². The third-order valence-electron chi connectivity index (χ3n) is 4.15. The smallest absolute Gasteiger partial charge is 0.0530 e. The molecule has 1 nitrogen and oxygen atoms in total. The van der Waals surface area contributed by atoms with Crippen LogP contribution in [-0.4, -0.2) is 18.5 Å². The maximum absolute atomic E-state index is 5.97. The molecule has 1 rings (SSSR count). The molecule has 0 radical (unpaired) electrons. The molecule has 0 unspecified atom stereocenters. The standard InChI is InChI=1S/C15H29BrO/c1-3-9-15(12-16,10-4-2)13-17-11-8-14-6-5-7-14/h14H,3-13H2,1-2H3. The van der Waals surface area contributed by atoms with Crippen LogP contribution in [-0.2, 0) is 4.74 Å². The van der Waals surface area contributed by atoms with Crippen molar-refractivity contribution in [2.45, 2.75) is 65.2 Å². The van der Waals surface area contributed by atoms with Gasteiger partial charge < -0.3 is 4.74 Å². The topological polar surface area (TPSA) is 9.23 Å². The zero-order valence-electron chi connectivity index (χ0n) is 11.6. The second-order valence-corrected chi connectivity index (χ2v) is 6.33. The molecule has 0 N–H and O–H groups in total. The van der Waals surface area contributed by atoms with Crippen LogP contribution < -0.4 is 0 Å². The summed E-state index contributed by atoms with van der Waals surface area (Å²) in [6.45, 7) is 6.49. The van der Waals surface area contributed by atoms with Crippen molar-refractivity contribution in [2.24, 2.45) is 11.3 Å². The molecular weight excluding hydrogens is 276 g/mol. The van der Waals surface area contributed by atoms with Crippen molar-refractivity contribution in [3.63, 3.8) is 0 Å². The second-order valence-electron chi connectivity index (χ2n) is 5.77. The lowest BCUT2D eigenvalue weighted by atomic mass is 9.82. The van der Waals surface area contributed by atoms with E-state index in [2.05, 4.69) is 29.8 Å². The van der Waals surface area contributed by atoms with Gasteiger partial charge in [-0.2, -0.15) is 0 Å². The Balaban J connectivity index is 2.21. The van der Waals surface area contributed by atoms with Gasteiger partial charge in [-0.25, -0.2) is 0 Å². The third-order valence-corrected chi connectivity index (χ3v) is 5.34. The molecule has 0 bridgehead atoms. The summed E-state index contributed by atoms with van der Waals surface area (Å²) in [6, 6.07) is 0. The fourth-order valence-corrected chi connectivity index (χ4v) is 3.54. The van der Waals surface area contributed by atoms with Gasteiger partial charge in [0, 0.05) is 17.4 Å². The van der Waals surface area contributed by atoms with Crippen LogP contribution >= 0.6 is 15.9 Å². The first kappa shape index (κ1) is 15.5. The Morgan fingerprint density at radius 1 is 1.18 bits per heavy atom. The van der Waals surface area contributed by atoms with Gasteiger partial charge in [-0.15, -0.1) is 0 Å². The molecule has 1 saturated carbocycles. The summed E-state index contributed by atoms with van der Waals surface area (Å²) in [7, 11) is 0. The van der Waals surface area contributed by atoms with Gasteiger partial charge in [0.2, 0.25) is 0 Å². The van der Waals surface area contributed by atoms with Crippen LogP contribution in [0.3, 0.4) is 0 Å². The molecule has 0 atom stereocenters. The first-order chi connectivity index (χ1) is 8.26. The Morgan fingerprint density at radius 2 is 1.82 bits per heavy atom. The zero-order valence-corrected chi connectivity index (χ0v) is 13.2. The molecule has 0 aromatic carbocycles. The Hall–Kier alpha value is 0.440. The van der Waals surface area contributed by atoms with Crippen LogP contribution in [0.5, 0.6) is 0 Å². The van der Waals surface area contributed by atoms with E-state index in [4.69, 9.17) is 4.74 Å². The maximum atomic E-state index is 5.97. The van der Waals surface area contributed by atoms with E-state index in [-0.39, 0.29) is 0 Å². The number of alkyl halides is 1. The van der Waals surface area contributed by atoms with Crippen LogP contribution in [0.15, 0.2) is 0 Å². The molecule has 0 saturated heterocycles. The summed E-state index contributed by atoms with van der Waals surface area (Å²) in [5.41, 5.74) is 0.392. The monoisotopic (exact) mass is 304 g/mol. The Kier molecular flexibility index (Phi) is 7.77. The molecule has 17 heavy (non-hydrogen) atoms.